The van der Waals surface area contributed by atoms with E-state index in [2.05, 4.69) is 37.4 Å². The Balaban J connectivity index is 4.24. The zero-order chi connectivity index (χ0) is 16.5. The van der Waals surface area contributed by atoms with Crippen molar-refractivity contribution in [2.75, 3.05) is 6.54 Å². The van der Waals surface area contributed by atoms with Gasteiger partial charge in [0.25, 0.3) is 0 Å². The van der Waals surface area contributed by atoms with Gasteiger partial charge in [-0.25, -0.2) is 9.59 Å². The van der Waals surface area contributed by atoms with Gasteiger partial charge in [-0.15, -0.1) is 0 Å². The number of hydrogen-bond donors (Lipinski definition) is 4. The van der Waals surface area contributed by atoms with E-state index >= 15 is 0 Å². The van der Waals surface area contributed by atoms with Gasteiger partial charge in [-0.1, -0.05) is 0 Å². The second kappa shape index (κ2) is 9.99. The molecule has 0 rings (SSSR count). The standard InChI is InChI=1S/C11H22IN4O4P/c1-11(2,3)20-10(19)15-7(8(17)18)5-4-6-14-9(13)16-21-12/h7,21H,4-6H2,1-3H3,(H,15,19)(H,17,18)(H3,13,14,16)/t7-/m0/s1. The van der Waals surface area contributed by atoms with Crippen molar-refractivity contribution >= 4 is 46.4 Å². The summed E-state index contributed by atoms with van der Waals surface area (Å²) in [4.78, 5) is 26.7. The lowest BCUT2D eigenvalue weighted by Gasteiger charge is -2.21. The summed E-state index contributed by atoms with van der Waals surface area (Å²) in [5.74, 6) is -0.778. The zero-order valence-electron chi connectivity index (χ0n) is 12.3. The number of hydrogen-bond acceptors (Lipinski definition) is 4. The second-order valence-corrected chi connectivity index (χ2v) is 7.22. The Morgan fingerprint density at radius 3 is 2.57 bits per heavy atom. The molecule has 0 saturated heterocycles. The van der Waals surface area contributed by atoms with E-state index in [9.17, 15) is 9.59 Å². The lowest BCUT2D eigenvalue weighted by molar-refractivity contribution is -0.139. The van der Waals surface area contributed by atoms with E-state index in [-0.39, 0.29) is 6.42 Å². The highest BCUT2D eigenvalue weighted by molar-refractivity contribution is 14.2. The van der Waals surface area contributed by atoms with E-state index in [4.69, 9.17) is 15.6 Å². The number of nitrogens with two attached hydrogens (primary N) is 1. The lowest BCUT2D eigenvalue weighted by Crippen LogP contribution is -2.43. The zero-order valence-corrected chi connectivity index (χ0v) is 15.4. The second-order valence-electron chi connectivity index (χ2n) is 5.17. The Morgan fingerprint density at radius 2 is 2.10 bits per heavy atom. The topological polar surface area (TPSA) is 126 Å². The molecule has 0 saturated carbocycles. The van der Waals surface area contributed by atoms with Crippen LogP contribution in [0.2, 0.25) is 0 Å². The van der Waals surface area contributed by atoms with Crippen molar-refractivity contribution in [3.63, 3.8) is 0 Å². The molecular formula is C11H22IN4O4P. The van der Waals surface area contributed by atoms with E-state index in [1.807, 2.05) is 0 Å². The number of ether oxygens (including phenoxy) is 1. The molecule has 122 valence electrons. The first kappa shape index (κ1) is 20.2. The van der Waals surface area contributed by atoms with Crippen molar-refractivity contribution < 1.29 is 19.4 Å². The van der Waals surface area contributed by atoms with Crippen molar-refractivity contribution in [3.05, 3.63) is 0 Å². The van der Waals surface area contributed by atoms with Crippen molar-refractivity contribution in [2.45, 2.75) is 45.3 Å². The molecule has 0 aliphatic heterocycles. The van der Waals surface area contributed by atoms with Gasteiger partial charge >= 0.3 is 12.1 Å². The summed E-state index contributed by atoms with van der Waals surface area (Å²) < 4.78 is 5.02. The fourth-order valence-electron chi connectivity index (χ4n) is 1.29. The number of halogens is 1. The number of rotatable bonds is 7. The first-order chi connectivity index (χ1) is 9.65. The summed E-state index contributed by atoms with van der Waals surface area (Å²) >= 11 is 2.12. The molecule has 0 bridgehead atoms. The predicted octanol–water partition coefficient (Wildman–Crippen LogP) is 1.59. The molecule has 0 fully saturated rings. The molecule has 5 N–H and O–H groups in total. The molecule has 10 heteroatoms. The fraction of sp³-hybridized carbons (Fsp3) is 0.727. The lowest BCUT2D eigenvalue weighted by atomic mass is 10.1. The van der Waals surface area contributed by atoms with Gasteiger partial charge in [0.15, 0.2) is 5.96 Å². The van der Waals surface area contributed by atoms with E-state index in [0.29, 0.717) is 25.3 Å². The molecule has 21 heavy (non-hydrogen) atoms. The number of carbonyl (C=O) groups is 2. The highest BCUT2D eigenvalue weighted by Crippen LogP contribution is 2.12. The molecule has 0 aromatic carbocycles. The maximum atomic E-state index is 11.5. The van der Waals surface area contributed by atoms with Crippen LogP contribution in [0.4, 0.5) is 4.79 Å². The van der Waals surface area contributed by atoms with Crippen LogP contribution in [0.5, 0.6) is 0 Å². The van der Waals surface area contributed by atoms with Gasteiger partial charge in [0.2, 0.25) is 0 Å². The smallest absolute Gasteiger partial charge is 0.408 e. The van der Waals surface area contributed by atoms with Crippen LogP contribution in [0.3, 0.4) is 0 Å². The quantitative estimate of drug-likeness (QED) is 0.159. The average Bonchev–Trinajstić information content (AvgIpc) is 2.30. The number of guanidine groups is 1. The maximum Gasteiger partial charge on any atom is 0.408 e. The van der Waals surface area contributed by atoms with Gasteiger partial charge in [0, 0.05) is 12.9 Å². The number of aliphatic carboxylic acids is 1. The van der Waals surface area contributed by atoms with Crippen LogP contribution in [-0.4, -0.2) is 41.3 Å². The summed E-state index contributed by atoms with van der Waals surface area (Å²) in [7, 11) is 0. The molecule has 8 nitrogen and oxygen atoms in total. The molecular weight excluding hydrogens is 410 g/mol. The molecule has 0 heterocycles. The third kappa shape index (κ3) is 11.5. The Bertz CT molecular complexity index is 387. The molecule has 0 aromatic rings. The number of aliphatic imine (C=N–C) groups is 1. The summed E-state index contributed by atoms with van der Waals surface area (Å²) in [6.07, 6.45) is 0.418. The van der Waals surface area contributed by atoms with Crippen molar-refractivity contribution in [2.24, 2.45) is 10.7 Å². The van der Waals surface area contributed by atoms with Crippen molar-refractivity contribution in [1.82, 2.24) is 10.4 Å². The Kier molecular flexibility index (Phi) is 9.60. The summed E-state index contributed by atoms with van der Waals surface area (Å²) in [5, 5.41) is 14.3. The SMILES string of the molecule is CC(C)(C)OC(=O)N[C@@H](CCCN=C(N)NPI)C(=O)O. The molecule has 0 aliphatic rings. The van der Waals surface area contributed by atoms with E-state index in [0.717, 1.165) is 0 Å². The number of alkyl carbamates (subject to hydrolysis) is 1. The van der Waals surface area contributed by atoms with Gasteiger partial charge in [-0.2, -0.15) is 0 Å². The Hall–Kier alpha value is -0.830. The van der Waals surface area contributed by atoms with Gasteiger partial charge in [-0.3, -0.25) is 4.99 Å². The fourth-order valence-corrected chi connectivity index (χ4v) is 2.29. The third-order valence-electron chi connectivity index (χ3n) is 2.10. The van der Waals surface area contributed by atoms with Crippen LogP contribution < -0.4 is 16.1 Å². The van der Waals surface area contributed by atoms with Gasteiger partial charge < -0.3 is 26.0 Å². The Labute approximate surface area is 139 Å². The number of nitrogens with zero attached hydrogens (tertiary/aromatic N) is 1. The number of carboxylic acid groups (broad SMARTS) is 1. The first-order valence-electron chi connectivity index (χ1n) is 6.29. The molecule has 0 spiro atoms. The molecule has 0 aliphatic carbocycles. The summed E-state index contributed by atoms with van der Waals surface area (Å²) in [6, 6.07) is -1.00. The minimum Gasteiger partial charge on any atom is -0.480 e. The van der Waals surface area contributed by atoms with Crippen LogP contribution in [0.15, 0.2) is 4.99 Å². The van der Waals surface area contributed by atoms with E-state index in [1.54, 1.807) is 20.8 Å². The molecule has 0 aromatic heterocycles. The predicted molar refractivity (Wildman–Crippen MR) is 92.0 cm³/mol. The van der Waals surface area contributed by atoms with Gasteiger partial charge in [0.1, 0.15) is 11.6 Å². The largest absolute Gasteiger partial charge is 0.480 e. The normalized spacial score (nSPS) is 14.0. The number of carboxylic acids is 1. The summed E-state index contributed by atoms with van der Waals surface area (Å²) in [6.45, 7) is 5.52. The summed E-state index contributed by atoms with van der Waals surface area (Å²) in [5.41, 5.74) is 4.88. The van der Waals surface area contributed by atoms with Crippen LogP contribution in [0.1, 0.15) is 33.6 Å². The van der Waals surface area contributed by atoms with E-state index < -0.39 is 23.7 Å². The maximum absolute atomic E-state index is 11.5. The average molecular weight is 432 g/mol. The number of carbonyl (C=O) groups excluding carboxylic acids is 1. The minimum absolute atomic E-state index is 0.248. The van der Waals surface area contributed by atoms with Crippen molar-refractivity contribution in [3.8, 4) is 0 Å². The molecule has 0 radical (unpaired) electrons. The van der Waals surface area contributed by atoms with Gasteiger partial charge in [-0.05, 0) is 55.7 Å². The van der Waals surface area contributed by atoms with Crippen LogP contribution in [0.25, 0.3) is 0 Å². The third-order valence-corrected chi connectivity index (χ3v) is 3.26. The van der Waals surface area contributed by atoms with Crippen LogP contribution >= 0.6 is 28.4 Å². The van der Waals surface area contributed by atoms with Gasteiger partial charge in [0.05, 0.1) is 0 Å². The number of amides is 1. The van der Waals surface area contributed by atoms with Crippen LogP contribution in [-0.2, 0) is 9.53 Å². The Morgan fingerprint density at radius 1 is 1.48 bits per heavy atom. The minimum atomic E-state index is -1.11. The first-order valence-corrected chi connectivity index (χ1v) is 10.4. The molecule has 2 atom stereocenters. The van der Waals surface area contributed by atoms with Crippen LogP contribution in [0, 0.1) is 0 Å². The molecule has 1 unspecified atom stereocenters. The highest BCUT2D eigenvalue weighted by atomic mass is 127. The van der Waals surface area contributed by atoms with E-state index in [1.165, 1.54) is 0 Å². The van der Waals surface area contributed by atoms with Crippen molar-refractivity contribution in [1.29, 1.82) is 0 Å². The molecule has 1 amide bonds. The monoisotopic (exact) mass is 432 g/mol. The highest BCUT2D eigenvalue weighted by Gasteiger charge is 2.23. The number of nitrogens with one attached hydrogen (secondary N) is 2.